The monoisotopic (exact) mass is 690 g/mol. The van der Waals surface area contributed by atoms with E-state index in [2.05, 4.69) is 21.2 Å². The first-order valence-corrected chi connectivity index (χ1v) is 17.6. The highest BCUT2D eigenvalue weighted by atomic mass is 35.5. The van der Waals surface area contributed by atoms with Crippen molar-refractivity contribution >= 4 is 62.9 Å². The molecule has 6 rings (SSSR count). The smallest absolute Gasteiger partial charge is 0.354 e. The molecular weight excluding hydrogens is 656 g/mol. The Morgan fingerprint density at radius 2 is 1.94 bits per heavy atom. The molecule has 0 saturated heterocycles. The van der Waals surface area contributed by atoms with Crippen LogP contribution >= 0.6 is 35.1 Å². The van der Waals surface area contributed by atoms with Crippen LogP contribution in [0.4, 0.5) is 0 Å². The molecular formula is C34H35ClN6O4S2. The van der Waals surface area contributed by atoms with Crippen LogP contribution in [0.3, 0.4) is 0 Å². The molecule has 0 amide bonds. The number of rotatable bonds is 12. The molecule has 3 N–H and O–H groups in total. The number of methoxy groups -OCH3 is 1. The van der Waals surface area contributed by atoms with Crippen LogP contribution in [0.15, 0.2) is 53.6 Å². The standard InChI is InChI=1S/C34H35ClN6O4S2/c1-19-29(30-26(35)10-9-25-24(8-6-12-42)33(34(44)45-4)40(2)32(25)30)27(38-37-19)18-46-16-21-14-22(41(3)39-21)17-47-23-13-20-7-5-11-36-31(20)28(43)15-23/h5,7,9-11,13-15,42-43H,6,8,12,16-18H2,1-4H3,(H,37,38). The minimum absolute atomic E-state index is 0.0170. The van der Waals surface area contributed by atoms with Gasteiger partial charge in [0.05, 0.1) is 34.7 Å². The van der Waals surface area contributed by atoms with Gasteiger partial charge >= 0.3 is 5.97 Å². The van der Waals surface area contributed by atoms with E-state index < -0.39 is 5.97 Å². The summed E-state index contributed by atoms with van der Waals surface area (Å²) in [6.45, 7) is 1.96. The number of aromatic nitrogens is 6. The molecule has 4 aromatic heterocycles. The highest BCUT2D eigenvalue weighted by Crippen LogP contribution is 2.42. The predicted octanol–water partition coefficient (Wildman–Crippen LogP) is 6.95. The summed E-state index contributed by atoms with van der Waals surface area (Å²) >= 11 is 10.3. The molecule has 0 saturated carbocycles. The number of nitrogens with one attached hydrogen (secondary N) is 1. The molecule has 13 heteroatoms. The van der Waals surface area contributed by atoms with Crippen LogP contribution in [0.2, 0.25) is 5.02 Å². The van der Waals surface area contributed by atoms with Crippen LogP contribution in [0, 0.1) is 6.92 Å². The summed E-state index contributed by atoms with van der Waals surface area (Å²) in [6, 6.07) is 13.5. The first-order chi connectivity index (χ1) is 22.7. The van der Waals surface area contributed by atoms with Crippen molar-refractivity contribution in [3.63, 3.8) is 0 Å². The number of aromatic hydroxyl groups is 1. The van der Waals surface area contributed by atoms with Crippen molar-refractivity contribution in [3.8, 4) is 16.9 Å². The number of fused-ring (bicyclic) bond motifs is 2. The number of nitrogens with zero attached hydrogens (tertiary/aromatic N) is 5. The molecule has 0 spiro atoms. The normalized spacial score (nSPS) is 11.6. The number of aromatic amines is 1. The molecule has 0 aliphatic heterocycles. The predicted molar refractivity (Wildman–Crippen MR) is 188 cm³/mol. The Kier molecular flexibility index (Phi) is 9.83. The Hall–Kier alpha value is -3.97. The second-order valence-corrected chi connectivity index (χ2v) is 13.7. The Morgan fingerprint density at radius 3 is 2.72 bits per heavy atom. The molecule has 10 nitrogen and oxygen atoms in total. The molecule has 244 valence electrons. The average Bonchev–Trinajstić information content (AvgIpc) is 3.70. The first kappa shape index (κ1) is 33.0. The number of aryl methyl sites for hydroxylation is 4. The van der Waals surface area contributed by atoms with Crippen molar-refractivity contribution < 1.29 is 19.7 Å². The lowest BCUT2D eigenvalue weighted by Gasteiger charge is -2.11. The van der Waals surface area contributed by atoms with Gasteiger partial charge in [0.2, 0.25) is 0 Å². The fourth-order valence-electron chi connectivity index (χ4n) is 6.04. The van der Waals surface area contributed by atoms with Gasteiger partial charge in [0.25, 0.3) is 0 Å². The number of hydrogen-bond donors (Lipinski definition) is 3. The molecule has 0 bridgehead atoms. The van der Waals surface area contributed by atoms with Crippen molar-refractivity contribution in [1.29, 1.82) is 0 Å². The lowest BCUT2D eigenvalue weighted by molar-refractivity contribution is 0.0589. The molecule has 6 aromatic rings. The van der Waals surface area contributed by atoms with Gasteiger partial charge in [-0.25, -0.2) is 4.79 Å². The van der Waals surface area contributed by atoms with E-state index in [1.165, 1.54) is 7.11 Å². The zero-order valence-electron chi connectivity index (χ0n) is 26.5. The van der Waals surface area contributed by atoms with Crippen LogP contribution < -0.4 is 0 Å². The summed E-state index contributed by atoms with van der Waals surface area (Å²) in [6.07, 6.45) is 2.72. The lowest BCUT2D eigenvalue weighted by atomic mass is 9.98. The van der Waals surface area contributed by atoms with Gasteiger partial charge in [0.1, 0.15) is 17.0 Å². The van der Waals surface area contributed by atoms with Gasteiger partial charge in [-0.2, -0.15) is 10.2 Å². The Bertz CT molecular complexity index is 2100. The van der Waals surface area contributed by atoms with E-state index in [4.69, 9.17) is 21.4 Å². The van der Waals surface area contributed by atoms with Crippen LogP contribution in [-0.2, 0) is 42.5 Å². The Morgan fingerprint density at radius 1 is 1.11 bits per heavy atom. The maximum absolute atomic E-state index is 12.9. The number of ether oxygens (including phenoxy) is 1. The molecule has 0 radical (unpaired) electrons. The second kappa shape index (κ2) is 14.0. The number of phenolic OH excluding ortho intramolecular Hbond substituents is 1. The number of thioether (sulfide) groups is 2. The van der Waals surface area contributed by atoms with Gasteiger partial charge in [-0.3, -0.25) is 14.8 Å². The first-order valence-electron chi connectivity index (χ1n) is 15.0. The largest absolute Gasteiger partial charge is 0.506 e. The zero-order chi connectivity index (χ0) is 33.2. The van der Waals surface area contributed by atoms with Gasteiger partial charge in [-0.1, -0.05) is 23.7 Å². The molecule has 0 aliphatic rings. The van der Waals surface area contributed by atoms with Crippen LogP contribution in [0.1, 0.15) is 45.2 Å². The molecule has 0 fully saturated rings. The fraction of sp³-hybridized carbons (Fsp3) is 0.294. The summed E-state index contributed by atoms with van der Waals surface area (Å²) in [5.74, 6) is 1.78. The van der Waals surface area contributed by atoms with Gasteiger partial charge in [0, 0.05) is 76.6 Å². The summed E-state index contributed by atoms with van der Waals surface area (Å²) in [5, 5.41) is 34.8. The minimum atomic E-state index is -0.431. The van der Waals surface area contributed by atoms with Crippen molar-refractivity contribution in [2.75, 3.05) is 13.7 Å². The Balaban J connectivity index is 1.21. The summed E-state index contributed by atoms with van der Waals surface area (Å²) in [5.41, 5.74) is 8.20. The third kappa shape index (κ3) is 6.47. The maximum atomic E-state index is 12.9. The van der Waals surface area contributed by atoms with E-state index in [-0.39, 0.29) is 12.4 Å². The molecule has 4 heterocycles. The summed E-state index contributed by atoms with van der Waals surface area (Å²) in [7, 11) is 5.16. The van der Waals surface area contributed by atoms with Crippen LogP contribution in [-0.4, -0.2) is 59.4 Å². The number of phenols is 1. The quantitative estimate of drug-likeness (QED) is 0.0922. The number of halogens is 1. The van der Waals surface area contributed by atoms with E-state index in [1.54, 1.807) is 35.8 Å². The zero-order valence-corrected chi connectivity index (χ0v) is 28.9. The van der Waals surface area contributed by atoms with Gasteiger partial charge < -0.3 is 19.5 Å². The van der Waals surface area contributed by atoms with E-state index >= 15 is 0 Å². The highest BCUT2D eigenvalue weighted by Gasteiger charge is 2.27. The van der Waals surface area contributed by atoms with E-state index in [0.29, 0.717) is 46.3 Å². The molecule has 47 heavy (non-hydrogen) atoms. The lowest BCUT2D eigenvalue weighted by Crippen LogP contribution is -2.10. The SMILES string of the molecule is COC(=O)c1c(CCCO)c2ccc(Cl)c(-c3c(C)n[nH]c3CSCc3cc(CSc4cc(O)c5ncccc5c4)n(C)n3)c2n1C. The van der Waals surface area contributed by atoms with Gasteiger partial charge in [0.15, 0.2) is 0 Å². The van der Waals surface area contributed by atoms with Gasteiger partial charge in [-0.15, -0.1) is 23.5 Å². The number of hydrogen-bond acceptors (Lipinski definition) is 9. The number of carbonyl (C=O) groups is 1. The number of pyridine rings is 1. The summed E-state index contributed by atoms with van der Waals surface area (Å²) in [4.78, 5) is 18.1. The molecule has 2 aromatic carbocycles. The molecule has 0 aliphatic carbocycles. The Labute approximate surface area is 285 Å². The number of carbonyl (C=O) groups excluding carboxylic acids is 1. The van der Waals surface area contributed by atoms with E-state index in [0.717, 1.165) is 60.7 Å². The van der Waals surface area contributed by atoms with Gasteiger partial charge in [-0.05, 0) is 55.7 Å². The van der Waals surface area contributed by atoms with Crippen molar-refractivity contribution in [1.82, 2.24) is 29.5 Å². The third-order valence-electron chi connectivity index (χ3n) is 8.21. The van der Waals surface area contributed by atoms with Crippen molar-refractivity contribution in [2.24, 2.45) is 14.1 Å². The third-order valence-corrected chi connectivity index (χ3v) is 10.5. The average molecular weight is 691 g/mol. The molecule has 0 unspecified atom stereocenters. The number of benzene rings is 2. The number of aliphatic hydroxyl groups excluding tert-OH is 1. The van der Waals surface area contributed by atoms with Crippen LogP contribution in [0.5, 0.6) is 5.75 Å². The van der Waals surface area contributed by atoms with E-state index in [9.17, 15) is 15.0 Å². The number of aliphatic hydroxyl groups is 1. The van der Waals surface area contributed by atoms with Crippen molar-refractivity contribution in [3.05, 3.63) is 87.7 Å². The number of esters is 1. The highest BCUT2D eigenvalue weighted by molar-refractivity contribution is 7.98. The van der Waals surface area contributed by atoms with E-state index in [1.807, 2.05) is 60.6 Å². The topological polar surface area (TPSA) is 131 Å². The maximum Gasteiger partial charge on any atom is 0.354 e. The number of H-pyrrole nitrogens is 1. The van der Waals surface area contributed by atoms with Crippen molar-refractivity contribution in [2.45, 2.75) is 41.9 Å². The second-order valence-electron chi connectivity index (χ2n) is 11.2. The summed E-state index contributed by atoms with van der Waals surface area (Å²) < 4.78 is 8.89. The minimum Gasteiger partial charge on any atom is -0.506 e. The molecule has 0 atom stereocenters. The van der Waals surface area contributed by atoms with Crippen LogP contribution in [0.25, 0.3) is 32.9 Å². The fourth-order valence-corrected chi connectivity index (χ4v) is 8.15.